The van der Waals surface area contributed by atoms with Crippen molar-refractivity contribution in [3.8, 4) is 11.3 Å². The summed E-state index contributed by atoms with van der Waals surface area (Å²) >= 11 is 6.18. The maximum Gasteiger partial charge on any atom is 0.426 e. The molecule has 4 aromatic rings. The van der Waals surface area contributed by atoms with Crippen LogP contribution in [0.1, 0.15) is 22.4 Å². The molecule has 0 bridgehead atoms. The lowest BCUT2D eigenvalue weighted by Crippen LogP contribution is -2.49. The summed E-state index contributed by atoms with van der Waals surface area (Å²) in [6, 6.07) is 26.2. The van der Waals surface area contributed by atoms with Gasteiger partial charge in [-0.15, -0.1) is 5.06 Å². The van der Waals surface area contributed by atoms with E-state index in [9.17, 15) is 9.90 Å². The standard InChI is InChI=1S/C35H41ClN6O3/c1-26-7-5-6-10-32(26)40-21-19-39(20-22-40)23-30(43)24-42-33-16-18-41(45-35(44)37-17-15-27-8-3-2-4-9-27)25-31(33)34(38-42)28-11-13-29(36)14-12-28/h2-14,30,43H,15-25H2,1H3,(H,37,44). The maximum absolute atomic E-state index is 12.6. The monoisotopic (exact) mass is 628 g/mol. The number of aryl methyl sites for hydroxylation is 1. The Hall–Kier alpha value is -3.89. The molecule has 45 heavy (non-hydrogen) atoms. The van der Waals surface area contributed by atoms with Crippen LogP contribution in [0.5, 0.6) is 0 Å². The largest absolute Gasteiger partial charge is 0.426 e. The molecule has 0 radical (unpaired) electrons. The lowest BCUT2D eigenvalue weighted by atomic mass is 10.0. The first kappa shape index (κ1) is 31.1. The van der Waals surface area contributed by atoms with Gasteiger partial charge in [-0.3, -0.25) is 9.58 Å². The fourth-order valence-corrected chi connectivity index (χ4v) is 6.41. The Balaban J connectivity index is 1.08. The van der Waals surface area contributed by atoms with Crippen LogP contribution in [0.25, 0.3) is 11.3 Å². The van der Waals surface area contributed by atoms with Crippen LogP contribution in [0.4, 0.5) is 10.5 Å². The molecule has 0 saturated carbocycles. The quantitative estimate of drug-likeness (QED) is 0.257. The fraction of sp³-hybridized carbons (Fsp3) is 0.371. The number of fused-ring (bicyclic) bond motifs is 1. The topological polar surface area (TPSA) is 86.1 Å². The van der Waals surface area contributed by atoms with E-state index in [1.165, 1.54) is 11.3 Å². The molecule has 6 rings (SSSR count). The number of anilines is 1. The summed E-state index contributed by atoms with van der Waals surface area (Å²) in [5.74, 6) is 0. The molecule has 0 aliphatic carbocycles. The highest BCUT2D eigenvalue weighted by Crippen LogP contribution is 2.31. The predicted octanol–water partition coefficient (Wildman–Crippen LogP) is 4.94. The van der Waals surface area contributed by atoms with Gasteiger partial charge in [-0.2, -0.15) is 5.10 Å². The van der Waals surface area contributed by atoms with E-state index in [4.69, 9.17) is 21.5 Å². The molecule has 1 fully saturated rings. The van der Waals surface area contributed by atoms with Crippen molar-refractivity contribution in [3.63, 3.8) is 0 Å². The van der Waals surface area contributed by atoms with E-state index in [0.29, 0.717) is 44.2 Å². The number of amides is 1. The van der Waals surface area contributed by atoms with Gasteiger partial charge in [0.15, 0.2) is 0 Å². The minimum atomic E-state index is -0.568. The van der Waals surface area contributed by atoms with Gasteiger partial charge in [0, 0.05) is 79.8 Å². The van der Waals surface area contributed by atoms with Gasteiger partial charge >= 0.3 is 6.09 Å². The SMILES string of the molecule is Cc1ccccc1N1CCN(CC(O)Cn2nc(-c3ccc(Cl)cc3)c3c2CCN(OC(=O)NCCc2ccccc2)C3)CC1. The number of aromatic nitrogens is 2. The molecule has 3 heterocycles. The minimum Gasteiger partial charge on any atom is -0.390 e. The second-order valence-electron chi connectivity index (χ2n) is 11.8. The molecule has 10 heteroatoms. The predicted molar refractivity (Wildman–Crippen MR) is 177 cm³/mol. The average Bonchev–Trinajstić information content (AvgIpc) is 3.39. The van der Waals surface area contributed by atoms with E-state index in [1.54, 1.807) is 5.06 Å². The summed E-state index contributed by atoms with van der Waals surface area (Å²) in [6.07, 6.45) is 0.349. The molecule has 1 unspecified atom stereocenters. The Morgan fingerprint density at radius 2 is 1.69 bits per heavy atom. The summed E-state index contributed by atoms with van der Waals surface area (Å²) < 4.78 is 1.95. The van der Waals surface area contributed by atoms with Crippen molar-refractivity contribution in [3.05, 3.63) is 106 Å². The van der Waals surface area contributed by atoms with Crippen molar-refractivity contribution in [2.45, 2.75) is 39.0 Å². The van der Waals surface area contributed by atoms with Crippen molar-refractivity contribution in [1.29, 1.82) is 0 Å². The van der Waals surface area contributed by atoms with Gasteiger partial charge in [-0.1, -0.05) is 72.3 Å². The molecule has 0 spiro atoms. The molecule has 9 nitrogen and oxygen atoms in total. The van der Waals surface area contributed by atoms with Gasteiger partial charge in [-0.25, -0.2) is 4.79 Å². The minimum absolute atomic E-state index is 0.398. The Bertz CT molecular complexity index is 1570. The second-order valence-corrected chi connectivity index (χ2v) is 12.3. The molecule has 3 aromatic carbocycles. The number of piperazine rings is 1. The Labute approximate surface area is 269 Å². The van der Waals surface area contributed by atoms with E-state index in [1.807, 2.05) is 59.3 Å². The molecule has 2 aliphatic heterocycles. The van der Waals surface area contributed by atoms with Crippen LogP contribution in [0, 0.1) is 6.92 Å². The summed E-state index contributed by atoms with van der Waals surface area (Å²) in [5, 5.41) is 21.4. The van der Waals surface area contributed by atoms with Gasteiger partial charge in [-0.05, 0) is 42.7 Å². The lowest BCUT2D eigenvalue weighted by molar-refractivity contribution is -0.111. The number of aliphatic hydroxyl groups is 1. The molecule has 236 valence electrons. The first-order valence-corrected chi connectivity index (χ1v) is 16.1. The number of halogens is 1. The lowest BCUT2D eigenvalue weighted by Gasteiger charge is -2.37. The van der Waals surface area contributed by atoms with E-state index < -0.39 is 12.2 Å². The number of hydrogen-bond acceptors (Lipinski definition) is 7. The summed E-state index contributed by atoms with van der Waals surface area (Å²) in [4.78, 5) is 23.1. The first-order valence-electron chi connectivity index (χ1n) is 15.7. The molecule has 1 atom stereocenters. The van der Waals surface area contributed by atoms with Gasteiger partial charge in [0.25, 0.3) is 0 Å². The zero-order valence-corrected chi connectivity index (χ0v) is 26.5. The number of nitrogens with zero attached hydrogens (tertiary/aromatic N) is 5. The van der Waals surface area contributed by atoms with Crippen LogP contribution in [0.3, 0.4) is 0 Å². The normalized spacial score (nSPS) is 16.3. The third-order valence-electron chi connectivity index (χ3n) is 8.64. The van der Waals surface area contributed by atoms with Crippen LogP contribution in [-0.4, -0.2) is 82.9 Å². The maximum atomic E-state index is 12.6. The number of hydroxylamine groups is 2. The van der Waals surface area contributed by atoms with Gasteiger partial charge in [0.2, 0.25) is 0 Å². The molecule has 2 aliphatic rings. The van der Waals surface area contributed by atoms with E-state index in [2.05, 4.69) is 46.3 Å². The van der Waals surface area contributed by atoms with Crippen LogP contribution >= 0.6 is 11.6 Å². The zero-order valence-electron chi connectivity index (χ0n) is 25.7. The molecular formula is C35H41ClN6O3. The number of β-amino-alcohol motifs (C(OH)–C–C–N with tert-alkyl or cyclic N) is 1. The van der Waals surface area contributed by atoms with Crippen LogP contribution < -0.4 is 10.2 Å². The smallest absolute Gasteiger partial charge is 0.390 e. The molecule has 1 amide bonds. The van der Waals surface area contributed by atoms with Crippen molar-refractivity contribution in [1.82, 2.24) is 25.1 Å². The Kier molecular flexibility index (Phi) is 10.0. The van der Waals surface area contributed by atoms with Crippen molar-refractivity contribution >= 4 is 23.4 Å². The Morgan fingerprint density at radius 3 is 2.44 bits per heavy atom. The van der Waals surface area contributed by atoms with Crippen molar-refractivity contribution in [2.24, 2.45) is 0 Å². The van der Waals surface area contributed by atoms with Gasteiger partial charge in [0.05, 0.1) is 24.9 Å². The van der Waals surface area contributed by atoms with E-state index in [0.717, 1.165) is 60.7 Å². The van der Waals surface area contributed by atoms with E-state index in [-0.39, 0.29) is 0 Å². The van der Waals surface area contributed by atoms with Gasteiger partial charge in [0.1, 0.15) is 0 Å². The second kappa shape index (κ2) is 14.5. The van der Waals surface area contributed by atoms with Crippen LogP contribution in [-0.2, 0) is 30.8 Å². The summed E-state index contributed by atoms with van der Waals surface area (Å²) in [7, 11) is 0. The van der Waals surface area contributed by atoms with Crippen LogP contribution in [0.15, 0.2) is 78.9 Å². The summed E-state index contributed by atoms with van der Waals surface area (Å²) in [6.45, 7) is 8.27. The molecule has 2 N–H and O–H groups in total. The molecule has 1 aromatic heterocycles. The Morgan fingerprint density at radius 1 is 0.956 bits per heavy atom. The highest BCUT2D eigenvalue weighted by atomic mass is 35.5. The molecular weight excluding hydrogens is 588 g/mol. The van der Waals surface area contributed by atoms with Gasteiger partial charge < -0.3 is 20.2 Å². The number of aliphatic hydroxyl groups excluding tert-OH is 1. The molecule has 1 saturated heterocycles. The third kappa shape index (κ3) is 7.86. The average molecular weight is 629 g/mol. The zero-order chi connectivity index (χ0) is 31.2. The number of para-hydroxylation sites is 1. The van der Waals surface area contributed by atoms with Crippen LogP contribution in [0.2, 0.25) is 5.02 Å². The number of carbonyl (C=O) groups excluding carboxylic acids is 1. The highest BCUT2D eigenvalue weighted by molar-refractivity contribution is 6.30. The highest BCUT2D eigenvalue weighted by Gasteiger charge is 2.29. The number of rotatable bonds is 10. The van der Waals surface area contributed by atoms with Crippen molar-refractivity contribution in [2.75, 3.05) is 50.7 Å². The van der Waals surface area contributed by atoms with E-state index >= 15 is 0 Å². The fourth-order valence-electron chi connectivity index (χ4n) is 6.28. The van der Waals surface area contributed by atoms with Crippen molar-refractivity contribution < 1.29 is 14.7 Å². The number of hydrogen-bond donors (Lipinski definition) is 2. The number of benzene rings is 3. The number of carbonyl (C=O) groups is 1. The third-order valence-corrected chi connectivity index (χ3v) is 8.89. The first-order chi connectivity index (χ1) is 21.9. The number of nitrogens with one attached hydrogen (secondary N) is 1. The summed E-state index contributed by atoms with van der Waals surface area (Å²) in [5.41, 5.74) is 7.56.